The number of hydrogen-bond acceptors (Lipinski definition) is 5. The fourth-order valence-corrected chi connectivity index (χ4v) is 5.83. The van der Waals surface area contributed by atoms with E-state index in [-0.39, 0.29) is 11.5 Å². The largest absolute Gasteiger partial charge is 0.463 e. The van der Waals surface area contributed by atoms with Crippen molar-refractivity contribution in [2.75, 3.05) is 24.6 Å². The summed E-state index contributed by atoms with van der Waals surface area (Å²) in [7, 11) is 0. The first-order chi connectivity index (χ1) is 19.1. The second kappa shape index (κ2) is 10.4. The number of ether oxygens (including phenoxy) is 1. The number of fused-ring (bicyclic) bond motifs is 3. The van der Waals surface area contributed by atoms with E-state index in [0.29, 0.717) is 17.6 Å². The highest BCUT2D eigenvalue weighted by atomic mass is 16.5. The number of carbonyl (C=O) groups is 1. The van der Waals surface area contributed by atoms with Gasteiger partial charge in [-0.1, -0.05) is 49.9 Å². The van der Waals surface area contributed by atoms with Crippen LogP contribution in [0.25, 0.3) is 49.0 Å². The van der Waals surface area contributed by atoms with E-state index in [0.717, 1.165) is 82.4 Å². The molecular weight excluding hydrogens is 486 g/mol. The Morgan fingerprint density at radius 1 is 0.923 bits per heavy atom. The first-order valence-electron chi connectivity index (χ1n) is 13.7. The van der Waals surface area contributed by atoms with Crippen LogP contribution in [0.2, 0.25) is 0 Å². The van der Waals surface area contributed by atoms with Gasteiger partial charge in [-0.2, -0.15) is 0 Å². The number of rotatable bonds is 10. The van der Waals surface area contributed by atoms with Crippen LogP contribution in [0.15, 0.2) is 84.2 Å². The predicted molar refractivity (Wildman–Crippen MR) is 160 cm³/mol. The number of hydrogen-bond donors (Lipinski definition) is 0. The third-order valence-electron chi connectivity index (χ3n) is 7.55. The highest BCUT2D eigenvalue weighted by molar-refractivity contribution is 6.19. The molecule has 39 heavy (non-hydrogen) atoms. The summed E-state index contributed by atoms with van der Waals surface area (Å²) in [6, 6.07) is 22.5. The monoisotopic (exact) mass is 517 g/mol. The molecule has 0 spiro atoms. The third kappa shape index (κ3) is 4.26. The molecule has 0 amide bonds. The summed E-state index contributed by atoms with van der Waals surface area (Å²) < 4.78 is 6.90. The van der Waals surface area contributed by atoms with Crippen LogP contribution in [0.1, 0.15) is 32.6 Å². The second-order valence-corrected chi connectivity index (χ2v) is 10.0. The topological polar surface area (TPSA) is 63.9 Å². The quantitative estimate of drug-likeness (QED) is 0.0653. The van der Waals surface area contributed by atoms with Crippen LogP contribution in [0.5, 0.6) is 0 Å². The minimum absolute atomic E-state index is 0.0397. The lowest BCUT2D eigenvalue weighted by molar-refractivity contribution is -0.137. The van der Waals surface area contributed by atoms with Crippen LogP contribution in [0, 0.1) is 0 Å². The van der Waals surface area contributed by atoms with Gasteiger partial charge in [0.1, 0.15) is 5.65 Å². The molecule has 0 saturated heterocycles. The number of nitrogens with zero attached hydrogens (tertiary/aromatic N) is 3. The van der Waals surface area contributed by atoms with Gasteiger partial charge < -0.3 is 9.64 Å². The van der Waals surface area contributed by atoms with Gasteiger partial charge in [0.05, 0.1) is 17.6 Å². The zero-order valence-electron chi connectivity index (χ0n) is 22.2. The highest BCUT2D eigenvalue weighted by Gasteiger charge is 2.19. The molecule has 0 fully saturated rings. The van der Waals surface area contributed by atoms with Gasteiger partial charge in [-0.25, -0.2) is 9.78 Å². The summed E-state index contributed by atoms with van der Waals surface area (Å²) in [4.78, 5) is 32.7. The molecule has 0 atom stereocenters. The molecule has 2 aromatic heterocycles. The maximum Gasteiger partial charge on any atom is 0.330 e. The van der Waals surface area contributed by atoms with E-state index in [9.17, 15) is 9.59 Å². The summed E-state index contributed by atoms with van der Waals surface area (Å²) in [5, 5.41) is 5.83. The Balaban J connectivity index is 1.45. The van der Waals surface area contributed by atoms with Crippen molar-refractivity contribution in [3.05, 3.63) is 89.7 Å². The number of esters is 1. The molecule has 0 bridgehead atoms. The zero-order chi connectivity index (χ0) is 26.9. The summed E-state index contributed by atoms with van der Waals surface area (Å²) >= 11 is 0. The minimum Gasteiger partial charge on any atom is -0.463 e. The average Bonchev–Trinajstić information content (AvgIpc) is 2.96. The molecular formula is C33H31N3O3. The number of unbranched alkanes of at least 4 members (excludes halogenated alkanes) is 2. The summed E-state index contributed by atoms with van der Waals surface area (Å²) in [5.74, 6) is -0.373. The number of anilines is 1. The first-order valence-corrected chi connectivity index (χ1v) is 13.7. The Labute approximate surface area is 226 Å². The fourth-order valence-electron chi connectivity index (χ4n) is 5.83. The fraction of sp³-hybridized carbons (Fsp3) is 0.242. The van der Waals surface area contributed by atoms with Gasteiger partial charge in [0.25, 0.3) is 5.56 Å². The standard InChI is InChI=1S/C33H31N3O3/c1-3-19-35(20-6-5-7-21-39-29(37)4-2)27-18-17-24-31-23(27)13-10-14-25(31)33(38)36-28-16-9-12-22-11-8-15-26(30(22)28)34-32(24)36/h4,8-18H,2-3,5-7,19-21H2,1H3. The molecule has 0 aliphatic carbocycles. The summed E-state index contributed by atoms with van der Waals surface area (Å²) in [6.45, 7) is 7.84. The number of carbonyl (C=O) groups excluding carboxylic acids is 1. The van der Waals surface area contributed by atoms with Gasteiger partial charge in [-0.15, -0.1) is 0 Å². The van der Waals surface area contributed by atoms with Crippen molar-refractivity contribution in [3.63, 3.8) is 0 Å². The van der Waals surface area contributed by atoms with Gasteiger partial charge in [-0.3, -0.25) is 9.20 Å². The lowest BCUT2D eigenvalue weighted by atomic mass is 9.99. The Bertz CT molecular complexity index is 1900. The van der Waals surface area contributed by atoms with Crippen LogP contribution >= 0.6 is 0 Å². The molecule has 6 heteroatoms. The number of pyridine rings is 1. The van der Waals surface area contributed by atoms with Crippen molar-refractivity contribution in [2.45, 2.75) is 32.6 Å². The molecule has 0 aliphatic heterocycles. The van der Waals surface area contributed by atoms with E-state index in [1.165, 1.54) is 6.08 Å². The van der Waals surface area contributed by atoms with Gasteiger partial charge in [0.2, 0.25) is 0 Å². The number of benzene rings is 4. The van der Waals surface area contributed by atoms with Gasteiger partial charge in [0.15, 0.2) is 0 Å². The smallest absolute Gasteiger partial charge is 0.330 e. The second-order valence-electron chi connectivity index (χ2n) is 10.0. The average molecular weight is 518 g/mol. The van der Waals surface area contributed by atoms with Crippen molar-refractivity contribution in [1.82, 2.24) is 9.38 Å². The molecule has 6 rings (SSSR count). The van der Waals surface area contributed by atoms with Crippen molar-refractivity contribution in [3.8, 4) is 0 Å². The first kappa shape index (κ1) is 24.9. The van der Waals surface area contributed by atoms with Gasteiger partial charge >= 0.3 is 5.97 Å². The van der Waals surface area contributed by atoms with Crippen LogP contribution in [-0.2, 0) is 9.53 Å². The maximum atomic E-state index is 14.0. The molecule has 0 N–H and O–H groups in total. The predicted octanol–water partition coefficient (Wildman–Crippen LogP) is 6.86. The molecule has 2 heterocycles. The minimum atomic E-state index is -0.373. The van der Waals surface area contributed by atoms with E-state index >= 15 is 0 Å². The Morgan fingerprint density at radius 3 is 2.54 bits per heavy atom. The lowest BCUT2D eigenvalue weighted by Gasteiger charge is -2.27. The molecule has 4 aromatic carbocycles. The zero-order valence-corrected chi connectivity index (χ0v) is 22.2. The number of aromatic nitrogens is 2. The molecule has 0 radical (unpaired) electrons. The van der Waals surface area contributed by atoms with E-state index in [1.807, 2.05) is 36.4 Å². The Morgan fingerprint density at radius 2 is 1.72 bits per heavy atom. The molecule has 6 nitrogen and oxygen atoms in total. The maximum absolute atomic E-state index is 14.0. The normalized spacial score (nSPS) is 11.7. The van der Waals surface area contributed by atoms with E-state index in [2.05, 4.69) is 48.7 Å². The molecule has 6 aromatic rings. The van der Waals surface area contributed by atoms with Crippen LogP contribution in [-0.4, -0.2) is 35.1 Å². The molecule has 0 aliphatic rings. The summed E-state index contributed by atoms with van der Waals surface area (Å²) in [5.41, 5.74) is 3.57. The van der Waals surface area contributed by atoms with E-state index in [4.69, 9.17) is 9.72 Å². The van der Waals surface area contributed by atoms with E-state index in [1.54, 1.807) is 4.40 Å². The van der Waals surface area contributed by atoms with Crippen molar-refractivity contribution in [2.24, 2.45) is 0 Å². The van der Waals surface area contributed by atoms with E-state index < -0.39 is 0 Å². The van der Waals surface area contributed by atoms with Crippen LogP contribution in [0.3, 0.4) is 0 Å². The Hall–Kier alpha value is -4.45. The molecule has 0 saturated carbocycles. The van der Waals surface area contributed by atoms with Gasteiger partial charge in [0, 0.05) is 51.8 Å². The molecule has 0 unspecified atom stereocenters. The van der Waals surface area contributed by atoms with Crippen LogP contribution < -0.4 is 10.5 Å². The van der Waals surface area contributed by atoms with Crippen molar-refractivity contribution in [1.29, 1.82) is 0 Å². The molecule has 196 valence electrons. The van der Waals surface area contributed by atoms with Crippen molar-refractivity contribution < 1.29 is 9.53 Å². The van der Waals surface area contributed by atoms with Crippen molar-refractivity contribution >= 4 is 60.7 Å². The Kier molecular flexibility index (Phi) is 6.61. The summed E-state index contributed by atoms with van der Waals surface area (Å²) in [6.07, 6.45) is 4.97. The SMILES string of the molecule is C=CC(=O)OCCCCCN(CCC)c1ccc2c3c1cccc3c(=O)n1c3cccc4cccc(nc21)c43. The lowest BCUT2D eigenvalue weighted by Crippen LogP contribution is -2.26. The van der Waals surface area contributed by atoms with Gasteiger partial charge in [-0.05, 0) is 61.4 Å². The third-order valence-corrected chi connectivity index (χ3v) is 7.55. The van der Waals surface area contributed by atoms with Crippen LogP contribution in [0.4, 0.5) is 5.69 Å². The highest BCUT2D eigenvalue weighted by Crippen LogP contribution is 2.36.